The normalized spacial score (nSPS) is 10.9. The third-order valence-corrected chi connectivity index (χ3v) is 2.84. The monoisotopic (exact) mass is 370 g/mol. The molecule has 0 saturated heterocycles. The number of aldehydes is 1. The Labute approximate surface area is 158 Å². The highest BCUT2D eigenvalue weighted by Gasteiger charge is 2.25. The van der Waals surface area contributed by atoms with Crippen LogP contribution in [0.4, 0.5) is 0 Å². The first-order chi connectivity index (χ1) is 12.8. The fourth-order valence-corrected chi connectivity index (χ4v) is 1.72. The van der Waals surface area contributed by atoms with Crippen LogP contribution >= 0.6 is 0 Å². The van der Waals surface area contributed by atoms with Crippen molar-refractivity contribution in [2.45, 2.75) is 26.4 Å². The average Bonchev–Trinajstić information content (AvgIpc) is 2.66. The quantitative estimate of drug-likeness (QED) is 0.268. The van der Waals surface area contributed by atoms with Gasteiger partial charge in [-0.2, -0.15) is 0 Å². The van der Waals surface area contributed by atoms with Gasteiger partial charge in [0.2, 0.25) is 0 Å². The van der Waals surface area contributed by atoms with Crippen LogP contribution in [0, 0.1) is 0 Å². The van der Waals surface area contributed by atoms with Crippen LogP contribution in [0.5, 0.6) is 0 Å². The zero-order valence-electron chi connectivity index (χ0n) is 15.7. The van der Waals surface area contributed by atoms with Crippen molar-refractivity contribution < 1.29 is 23.9 Å². The number of carbonyl (C=O) groups is 3. The minimum atomic E-state index is -0.738. The topological polar surface area (TPSA) is 95.5 Å². The lowest BCUT2D eigenvalue weighted by molar-refractivity contribution is -0.153. The summed E-state index contributed by atoms with van der Waals surface area (Å²) in [5, 5.41) is 0. The molecule has 7 heteroatoms. The lowest BCUT2D eigenvalue weighted by atomic mass is 10.1. The van der Waals surface area contributed by atoms with Gasteiger partial charge in [-0.15, -0.1) is 0 Å². The van der Waals surface area contributed by atoms with Gasteiger partial charge in [-0.05, 0) is 50.6 Å². The fraction of sp³-hybridized carbons (Fsp3) is 0.250. The molecule has 0 radical (unpaired) electrons. The third-order valence-electron chi connectivity index (χ3n) is 2.84. The molecule has 0 atom stereocenters. The van der Waals surface area contributed by atoms with Crippen LogP contribution in [0.2, 0.25) is 0 Å². The number of aromatic nitrogens is 2. The van der Waals surface area contributed by atoms with Crippen molar-refractivity contribution in [3.05, 3.63) is 65.8 Å². The maximum Gasteiger partial charge on any atom is 0.346 e. The largest absolute Gasteiger partial charge is 0.465 e. The number of carbonyl (C=O) groups excluding carboxylic acids is 3. The van der Waals surface area contributed by atoms with E-state index in [9.17, 15) is 14.4 Å². The molecule has 0 fully saturated rings. The second-order valence-electron chi connectivity index (χ2n) is 6.24. The molecule has 7 nitrogen and oxygen atoms in total. The van der Waals surface area contributed by atoms with E-state index in [2.05, 4.69) is 14.7 Å². The van der Waals surface area contributed by atoms with Crippen molar-refractivity contribution in [3.63, 3.8) is 0 Å². The van der Waals surface area contributed by atoms with Gasteiger partial charge in [-0.25, -0.2) is 9.59 Å². The van der Waals surface area contributed by atoms with E-state index in [1.54, 1.807) is 57.4 Å². The Balaban J connectivity index is 0.000000377. The lowest BCUT2D eigenvalue weighted by Crippen LogP contribution is -2.27. The van der Waals surface area contributed by atoms with E-state index in [0.29, 0.717) is 11.1 Å². The number of rotatable bonds is 4. The predicted octanol–water partition coefficient (Wildman–Crippen LogP) is 2.87. The molecule has 0 aliphatic carbocycles. The summed E-state index contributed by atoms with van der Waals surface area (Å²) < 4.78 is 9.76. The zero-order valence-corrected chi connectivity index (χ0v) is 15.7. The van der Waals surface area contributed by atoms with E-state index in [4.69, 9.17) is 4.74 Å². The van der Waals surface area contributed by atoms with Gasteiger partial charge in [0.15, 0.2) is 6.29 Å². The average molecular weight is 370 g/mol. The van der Waals surface area contributed by atoms with Crippen LogP contribution < -0.4 is 0 Å². The Morgan fingerprint density at radius 3 is 1.89 bits per heavy atom. The maximum absolute atomic E-state index is 12.0. The molecule has 0 aromatic carbocycles. The van der Waals surface area contributed by atoms with Crippen molar-refractivity contribution in [3.8, 4) is 0 Å². The Kier molecular flexibility index (Phi) is 8.51. The molecule has 142 valence electrons. The molecule has 0 bridgehead atoms. The van der Waals surface area contributed by atoms with Gasteiger partial charge < -0.3 is 9.47 Å². The van der Waals surface area contributed by atoms with Crippen LogP contribution in [0.15, 0.2) is 54.6 Å². The van der Waals surface area contributed by atoms with Crippen molar-refractivity contribution >= 4 is 24.3 Å². The van der Waals surface area contributed by atoms with Crippen molar-refractivity contribution in [1.29, 1.82) is 0 Å². The molecule has 0 spiro atoms. The molecular formula is C20H22N2O5. The summed E-state index contributed by atoms with van der Waals surface area (Å²) >= 11 is 0. The molecule has 27 heavy (non-hydrogen) atoms. The van der Waals surface area contributed by atoms with Crippen molar-refractivity contribution in [2.75, 3.05) is 7.11 Å². The van der Waals surface area contributed by atoms with Gasteiger partial charge in [-0.3, -0.25) is 14.8 Å². The first kappa shape index (κ1) is 21.7. The minimum absolute atomic E-state index is 0.162. The second-order valence-corrected chi connectivity index (χ2v) is 6.24. The van der Waals surface area contributed by atoms with Gasteiger partial charge in [0.1, 0.15) is 11.2 Å². The number of nitrogens with zero attached hydrogens (tertiary/aromatic N) is 2. The number of hydrogen-bond acceptors (Lipinski definition) is 7. The number of methoxy groups -OCH3 is 1. The number of ether oxygens (including phenoxy) is 2. The van der Waals surface area contributed by atoms with Crippen molar-refractivity contribution in [2.24, 2.45) is 0 Å². The molecule has 2 aromatic heterocycles. The summed E-state index contributed by atoms with van der Waals surface area (Å²) in [5.41, 5.74) is 0.394. The van der Waals surface area contributed by atoms with Gasteiger partial charge >= 0.3 is 11.9 Å². The Bertz CT molecular complexity index is 781. The molecule has 2 rings (SSSR count). The van der Waals surface area contributed by atoms with E-state index < -0.39 is 17.5 Å². The summed E-state index contributed by atoms with van der Waals surface area (Å²) in [6, 6.07) is 6.86. The van der Waals surface area contributed by atoms with E-state index in [0.717, 1.165) is 6.29 Å². The van der Waals surface area contributed by atoms with E-state index >= 15 is 0 Å². The Morgan fingerprint density at radius 1 is 0.963 bits per heavy atom. The highest BCUT2D eigenvalue weighted by Crippen LogP contribution is 2.14. The molecule has 0 unspecified atom stereocenters. The van der Waals surface area contributed by atoms with Crippen LogP contribution in [-0.2, 0) is 19.1 Å². The molecule has 0 saturated carbocycles. The summed E-state index contributed by atoms with van der Waals surface area (Å²) in [6.07, 6.45) is 8.45. The van der Waals surface area contributed by atoms with Crippen LogP contribution in [0.3, 0.4) is 0 Å². The molecule has 0 amide bonds. The fourth-order valence-electron chi connectivity index (χ4n) is 1.72. The van der Waals surface area contributed by atoms with Crippen LogP contribution in [0.25, 0.3) is 6.08 Å². The van der Waals surface area contributed by atoms with E-state index in [1.807, 2.05) is 0 Å². The first-order valence-electron chi connectivity index (χ1n) is 8.05. The van der Waals surface area contributed by atoms with Crippen LogP contribution in [-0.4, -0.2) is 40.9 Å². The van der Waals surface area contributed by atoms with E-state index in [1.165, 1.54) is 25.6 Å². The Hall–Kier alpha value is -3.35. The molecule has 0 aliphatic heterocycles. The molecule has 2 aromatic rings. The molecule has 0 aliphatic rings. The van der Waals surface area contributed by atoms with Crippen LogP contribution in [0.1, 0.15) is 36.7 Å². The SMILES string of the molecule is COC(=O)/C(=C/c1cccnc1)C(=O)OC(C)(C)C.O=Cc1cccnc1. The van der Waals surface area contributed by atoms with Crippen molar-refractivity contribution in [1.82, 2.24) is 9.97 Å². The number of pyridine rings is 2. The summed E-state index contributed by atoms with van der Waals surface area (Å²) in [4.78, 5) is 41.2. The molecular weight excluding hydrogens is 348 g/mol. The van der Waals surface area contributed by atoms with Gasteiger partial charge in [0.05, 0.1) is 7.11 Å². The van der Waals surface area contributed by atoms with Gasteiger partial charge in [-0.1, -0.05) is 6.07 Å². The number of esters is 2. The predicted molar refractivity (Wildman–Crippen MR) is 99.7 cm³/mol. The van der Waals surface area contributed by atoms with E-state index in [-0.39, 0.29) is 5.57 Å². The zero-order chi connectivity index (χ0) is 20.3. The summed E-state index contributed by atoms with van der Waals surface area (Å²) in [5.74, 6) is -1.46. The van der Waals surface area contributed by atoms with Gasteiger partial charge in [0.25, 0.3) is 0 Å². The second kappa shape index (κ2) is 10.6. The number of hydrogen-bond donors (Lipinski definition) is 0. The lowest BCUT2D eigenvalue weighted by Gasteiger charge is -2.19. The Morgan fingerprint density at radius 2 is 1.52 bits per heavy atom. The highest BCUT2D eigenvalue weighted by molar-refractivity contribution is 6.17. The summed E-state index contributed by atoms with van der Waals surface area (Å²) in [6.45, 7) is 5.18. The minimum Gasteiger partial charge on any atom is -0.465 e. The molecule has 0 N–H and O–H groups in total. The summed E-state index contributed by atoms with van der Waals surface area (Å²) in [7, 11) is 1.21. The standard InChI is InChI=1S/C14H17NO4.C6H5NO/c1-14(2,3)19-13(17)11(12(16)18-4)8-10-6-5-7-15-9-10;8-5-6-2-1-3-7-4-6/h5-9H,1-4H3;1-5H/b11-8-;. The smallest absolute Gasteiger partial charge is 0.346 e. The maximum atomic E-state index is 12.0. The highest BCUT2D eigenvalue weighted by atomic mass is 16.6. The third kappa shape index (κ3) is 8.53. The molecule has 2 heterocycles. The van der Waals surface area contributed by atoms with Gasteiger partial charge in [0, 0.05) is 30.4 Å². The first-order valence-corrected chi connectivity index (χ1v) is 8.05.